The van der Waals surface area contributed by atoms with Crippen LogP contribution in [-0.4, -0.2) is 17.5 Å². The second-order valence-corrected chi connectivity index (χ2v) is 3.59. The lowest BCUT2D eigenvalue weighted by Gasteiger charge is -2.27. The van der Waals surface area contributed by atoms with Gasteiger partial charge in [0, 0.05) is 0 Å². The van der Waals surface area contributed by atoms with Crippen LogP contribution in [0.2, 0.25) is 0 Å². The van der Waals surface area contributed by atoms with Crippen LogP contribution in [0.1, 0.15) is 32.6 Å². The van der Waals surface area contributed by atoms with Gasteiger partial charge in [0.05, 0.1) is 6.10 Å². The number of allylic oxidation sites excluding steroid dienone is 1. The average Bonchev–Trinajstić information content (AvgIpc) is 2.04. The van der Waals surface area contributed by atoms with E-state index in [0.717, 1.165) is 25.7 Å². The van der Waals surface area contributed by atoms with Gasteiger partial charge in [-0.2, -0.15) is 0 Å². The third-order valence-electron chi connectivity index (χ3n) is 2.36. The zero-order chi connectivity index (χ0) is 8.97. The molecule has 1 aliphatic rings. The standard InChI is InChI=1S/C10H18O2/c1-3-8(2)7-9-5-4-6-10(11)12-9/h3,8-11H,1,4-7H2,2H3. The van der Waals surface area contributed by atoms with Crippen molar-refractivity contribution in [1.29, 1.82) is 0 Å². The number of hydrogen-bond donors (Lipinski definition) is 1. The summed E-state index contributed by atoms with van der Waals surface area (Å²) in [5.41, 5.74) is 0. The molecule has 3 atom stereocenters. The van der Waals surface area contributed by atoms with E-state index in [1.807, 2.05) is 6.08 Å². The van der Waals surface area contributed by atoms with E-state index in [9.17, 15) is 5.11 Å². The molecule has 3 unspecified atom stereocenters. The molecule has 1 fully saturated rings. The molecule has 0 radical (unpaired) electrons. The summed E-state index contributed by atoms with van der Waals surface area (Å²) in [5, 5.41) is 9.22. The number of rotatable bonds is 3. The Morgan fingerprint density at radius 2 is 2.42 bits per heavy atom. The number of hydrogen-bond acceptors (Lipinski definition) is 2. The van der Waals surface area contributed by atoms with E-state index in [1.54, 1.807) is 0 Å². The van der Waals surface area contributed by atoms with Gasteiger partial charge in [0.2, 0.25) is 0 Å². The van der Waals surface area contributed by atoms with Crippen molar-refractivity contribution in [3.8, 4) is 0 Å². The molecule has 0 bridgehead atoms. The molecule has 1 rings (SSSR count). The van der Waals surface area contributed by atoms with Crippen LogP contribution < -0.4 is 0 Å². The molecule has 0 aromatic rings. The summed E-state index contributed by atoms with van der Waals surface area (Å²) in [4.78, 5) is 0. The Balaban J connectivity index is 2.26. The maximum Gasteiger partial charge on any atom is 0.154 e. The molecule has 1 saturated heterocycles. The highest BCUT2D eigenvalue weighted by Gasteiger charge is 2.21. The van der Waals surface area contributed by atoms with Gasteiger partial charge in [-0.3, -0.25) is 0 Å². The topological polar surface area (TPSA) is 29.5 Å². The predicted molar refractivity (Wildman–Crippen MR) is 48.7 cm³/mol. The Kier molecular flexibility index (Phi) is 3.76. The SMILES string of the molecule is C=CC(C)CC1CCCC(O)O1. The highest BCUT2D eigenvalue weighted by molar-refractivity contribution is 4.79. The lowest BCUT2D eigenvalue weighted by atomic mass is 9.98. The van der Waals surface area contributed by atoms with Crippen LogP contribution in [0.5, 0.6) is 0 Å². The first-order chi connectivity index (χ1) is 5.72. The van der Waals surface area contributed by atoms with E-state index < -0.39 is 6.29 Å². The van der Waals surface area contributed by atoms with Gasteiger partial charge in [0.15, 0.2) is 6.29 Å². The molecule has 1 N–H and O–H groups in total. The van der Waals surface area contributed by atoms with Crippen LogP contribution in [0.15, 0.2) is 12.7 Å². The van der Waals surface area contributed by atoms with Crippen molar-refractivity contribution in [3.63, 3.8) is 0 Å². The quantitative estimate of drug-likeness (QED) is 0.657. The second kappa shape index (κ2) is 4.63. The molecule has 2 nitrogen and oxygen atoms in total. The van der Waals surface area contributed by atoms with E-state index in [0.29, 0.717) is 5.92 Å². The minimum Gasteiger partial charge on any atom is -0.368 e. The number of ether oxygens (including phenoxy) is 1. The highest BCUT2D eigenvalue weighted by atomic mass is 16.6. The zero-order valence-electron chi connectivity index (χ0n) is 7.70. The van der Waals surface area contributed by atoms with Crippen molar-refractivity contribution in [2.24, 2.45) is 5.92 Å². The van der Waals surface area contributed by atoms with Gasteiger partial charge < -0.3 is 9.84 Å². The zero-order valence-corrected chi connectivity index (χ0v) is 7.70. The van der Waals surface area contributed by atoms with Gasteiger partial charge in [-0.25, -0.2) is 0 Å². The Bertz CT molecular complexity index is 145. The van der Waals surface area contributed by atoms with Crippen LogP contribution in [-0.2, 0) is 4.74 Å². The summed E-state index contributed by atoms with van der Waals surface area (Å²) in [5.74, 6) is 0.486. The summed E-state index contributed by atoms with van der Waals surface area (Å²) in [6, 6.07) is 0. The minimum atomic E-state index is -0.527. The van der Waals surface area contributed by atoms with Crippen LogP contribution in [0.4, 0.5) is 0 Å². The average molecular weight is 170 g/mol. The fourth-order valence-electron chi connectivity index (χ4n) is 1.56. The third kappa shape index (κ3) is 2.95. The van der Waals surface area contributed by atoms with Crippen LogP contribution in [0, 0.1) is 5.92 Å². The smallest absolute Gasteiger partial charge is 0.154 e. The van der Waals surface area contributed by atoms with Crippen molar-refractivity contribution in [3.05, 3.63) is 12.7 Å². The van der Waals surface area contributed by atoms with Crippen LogP contribution in [0.3, 0.4) is 0 Å². The molecule has 2 heteroatoms. The predicted octanol–water partition coefficient (Wildman–Crippen LogP) is 2.09. The summed E-state index contributed by atoms with van der Waals surface area (Å²) in [6.45, 7) is 5.85. The molecule has 0 saturated carbocycles. The van der Waals surface area contributed by atoms with Gasteiger partial charge in [-0.05, 0) is 31.6 Å². The van der Waals surface area contributed by atoms with Crippen LogP contribution in [0.25, 0.3) is 0 Å². The Labute approximate surface area is 74.2 Å². The van der Waals surface area contributed by atoms with Gasteiger partial charge in [0.1, 0.15) is 0 Å². The molecule has 0 amide bonds. The molecule has 0 aliphatic carbocycles. The maximum atomic E-state index is 9.22. The van der Waals surface area contributed by atoms with E-state index in [1.165, 1.54) is 0 Å². The largest absolute Gasteiger partial charge is 0.368 e. The van der Waals surface area contributed by atoms with Gasteiger partial charge in [-0.15, -0.1) is 6.58 Å². The first-order valence-corrected chi connectivity index (χ1v) is 4.68. The first kappa shape index (κ1) is 9.75. The summed E-state index contributed by atoms with van der Waals surface area (Å²) in [7, 11) is 0. The van der Waals surface area contributed by atoms with Crippen LogP contribution >= 0.6 is 0 Å². The summed E-state index contributed by atoms with van der Waals surface area (Å²) < 4.78 is 5.37. The van der Waals surface area contributed by atoms with Crippen molar-refractivity contribution < 1.29 is 9.84 Å². The van der Waals surface area contributed by atoms with Gasteiger partial charge in [-0.1, -0.05) is 13.0 Å². The molecule has 0 aromatic carbocycles. The third-order valence-corrected chi connectivity index (χ3v) is 2.36. The molecular weight excluding hydrogens is 152 g/mol. The molecule has 70 valence electrons. The number of aliphatic hydroxyl groups excluding tert-OH is 1. The molecular formula is C10H18O2. The summed E-state index contributed by atoms with van der Waals surface area (Å²) in [6.07, 6.45) is 5.58. The first-order valence-electron chi connectivity index (χ1n) is 4.68. The van der Waals surface area contributed by atoms with Crippen molar-refractivity contribution in [2.75, 3.05) is 0 Å². The van der Waals surface area contributed by atoms with Gasteiger partial charge in [0.25, 0.3) is 0 Å². The Morgan fingerprint density at radius 1 is 1.67 bits per heavy atom. The summed E-state index contributed by atoms with van der Waals surface area (Å²) >= 11 is 0. The Morgan fingerprint density at radius 3 is 3.00 bits per heavy atom. The molecule has 0 spiro atoms. The van der Waals surface area contributed by atoms with Crippen molar-refractivity contribution in [2.45, 2.75) is 45.0 Å². The Hall–Kier alpha value is -0.340. The molecule has 1 heterocycles. The fourth-order valence-corrected chi connectivity index (χ4v) is 1.56. The fraction of sp³-hybridized carbons (Fsp3) is 0.800. The normalized spacial score (nSPS) is 32.8. The molecule has 12 heavy (non-hydrogen) atoms. The lowest BCUT2D eigenvalue weighted by Crippen LogP contribution is -2.28. The van der Waals surface area contributed by atoms with E-state index in [2.05, 4.69) is 13.5 Å². The molecule has 1 aliphatic heterocycles. The van der Waals surface area contributed by atoms with Crippen molar-refractivity contribution >= 4 is 0 Å². The van der Waals surface area contributed by atoms with E-state index in [4.69, 9.17) is 4.74 Å². The van der Waals surface area contributed by atoms with Crippen molar-refractivity contribution in [1.82, 2.24) is 0 Å². The van der Waals surface area contributed by atoms with E-state index >= 15 is 0 Å². The second-order valence-electron chi connectivity index (χ2n) is 3.59. The minimum absolute atomic E-state index is 0.238. The number of aliphatic hydroxyl groups is 1. The van der Waals surface area contributed by atoms with E-state index in [-0.39, 0.29) is 6.10 Å². The van der Waals surface area contributed by atoms with Gasteiger partial charge >= 0.3 is 0 Å². The highest BCUT2D eigenvalue weighted by Crippen LogP contribution is 2.22. The lowest BCUT2D eigenvalue weighted by molar-refractivity contribution is -0.165. The maximum absolute atomic E-state index is 9.22. The monoisotopic (exact) mass is 170 g/mol. The molecule has 0 aromatic heterocycles.